The summed E-state index contributed by atoms with van der Waals surface area (Å²) < 4.78 is 0. The number of carbonyl (C=O) groups excluding carboxylic acids is 3. The summed E-state index contributed by atoms with van der Waals surface area (Å²) in [6.07, 6.45) is 4.06. The highest BCUT2D eigenvalue weighted by Gasteiger charge is 2.28. The predicted octanol–water partition coefficient (Wildman–Crippen LogP) is 0.0298. The van der Waals surface area contributed by atoms with Crippen LogP contribution in [0.15, 0.2) is 0 Å². The van der Waals surface area contributed by atoms with E-state index in [-0.39, 0.29) is 29.7 Å². The van der Waals surface area contributed by atoms with Crippen LogP contribution in [-0.2, 0) is 14.4 Å². The minimum absolute atomic E-state index is 0.0163. The Kier molecular flexibility index (Phi) is 4.98. The Balaban J connectivity index is 1.72. The molecule has 2 atom stereocenters. The van der Waals surface area contributed by atoms with Crippen molar-refractivity contribution in [3.8, 4) is 0 Å². The van der Waals surface area contributed by atoms with Gasteiger partial charge in [-0.2, -0.15) is 0 Å². The van der Waals surface area contributed by atoms with Gasteiger partial charge in [0.05, 0.1) is 0 Å². The van der Waals surface area contributed by atoms with Crippen molar-refractivity contribution < 1.29 is 14.4 Å². The first-order valence-electron chi connectivity index (χ1n) is 7.35. The quantitative estimate of drug-likeness (QED) is 0.763. The van der Waals surface area contributed by atoms with Crippen LogP contribution in [0.25, 0.3) is 0 Å². The van der Waals surface area contributed by atoms with Crippen molar-refractivity contribution in [2.24, 2.45) is 5.92 Å². The highest BCUT2D eigenvalue weighted by molar-refractivity contribution is 5.80. The van der Waals surface area contributed by atoms with Crippen molar-refractivity contribution in [1.29, 1.82) is 0 Å². The smallest absolute Gasteiger partial charge is 0.222 e. The van der Waals surface area contributed by atoms with Gasteiger partial charge in [0.2, 0.25) is 17.7 Å². The number of rotatable bonds is 4. The van der Waals surface area contributed by atoms with E-state index < -0.39 is 0 Å². The van der Waals surface area contributed by atoms with Crippen LogP contribution in [0.2, 0.25) is 0 Å². The monoisotopic (exact) mass is 281 g/mol. The highest BCUT2D eigenvalue weighted by Crippen LogP contribution is 2.19. The first-order chi connectivity index (χ1) is 9.56. The predicted molar refractivity (Wildman–Crippen MR) is 73.8 cm³/mol. The molecule has 0 aromatic heterocycles. The molecule has 2 rings (SSSR count). The van der Waals surface area contributed by atoms with E-state index >= 15 is 0 Å². The number of hydrogen-bond acceptors (Lipinski definition) is 3. The maximum Gasteiger partial charge on any atom is 0.222 e. The van der Waals surface area contributed by atoms with Crippen LogP contribution in [0.1, 0.15) is 38.5 Å². The molecule has 0 aromatic carbocycles. The molecule has 2 fully saturated rings. The van der Waals surface area contributed by atoms with Gasteiger partial charge in [0, 0.05) is 45.4 Å². The zero-order chi connectivity index (χ0) is 14.5. The van der Waals surface area contributed by atoms with E-state index in [1.54, 1.807) is 11.9 Å². The van der Waals surface area contributed by atoms with Crippen LogP contribution in [0, 0.1) is 5.92 Å². The van der Waals surface area contributed by atoms with E-state index in [2.05, 4.69) is 10.6 Å². The lowest BCUT2D eigenvalue weighted by molar-refractivity contribution is -0.128. The molecule has 0 aromatic rings. The van der Waals surface area contributed by atoms with Gasteiger partial charge in [0.1, 0.15) is 0 Å². The van der Waals surface area contributed by atoms with Gasteiger partial charge in [-0.15, -0.1) is 0 Å². The van der Waals surface area contributed by atoms with Crippen LogP contribution in [0.5, 0.6) is 0 Å². The fourth-order valence-corrected chi connectivity index (χ4v) is 2.90. The number of carbonyl (C=O) groups is 3. The largest absolute Gasteiger partial charge is 0.356 e. The zero-order valence-electron chi connectivity index (χ0n) is 12.0. The summed E-state index contributed by atoms with van der Waals surface area (Å²) in [4.78, 5) is 36.5. The average Bonchev–Trinajstić information content (AvgIpc) is 2.61. The van der Waals surface area contributed by atoms with Gasteiger partial charge in [0.25, 0.3) is 0 Å². The summed E-state index contributed by atoms with van der Waals surface area (Å²) >= 11 is 0. The van der Waals surface area contributed by atoms with Crippen LogP contribution < -0.4 is 10.6 Å². The summed E-state index contributed by atoms with van der Waals surface area (Å²) in [5, 5.41) is 5.71. The van der Waals surface area contributed by atoms with Gasteiger partial charge in [-0.25, -0.2) is 0 Å². The molecule has 112 valence electrons. The Labute approximate surface area is 119 Å². The standard InChI is InChI=1S/C14H23N3O3/c1-17-11(4-5-14(17)20)9-16-13(19)8-10-3-2-6-15-12(18)7-10/h10-11H,2-9H2,1H3,(H,15,18)(H,16,19). The first kappa shape index (κ1) is 14.8. The molecule has 2 aliphatic heterocycles. The minimum atomic E-state index is -0.0163. The molecule has 3 amide bonds. The van der Waals surface area contributed by atoms with Gasteiger partial charge in [-0.1, -0.05) is 0 Å². The molecule has 0 bridgehead atoms. The van der Waals surface area contributed by atoms with Crippen LogP contribution in [0.4, 0.5) is 0 Å². The van der Waals surface area contributed by atoms with E-state index in [1.165, 1.54) is 0 Å². The number of likely N-dealkylation sites (N-methyl/N-ethyl adjacent to an activating group) is 1. The van der Waals surface area contributed by atoms with E-state index in [9.17, 15) is 14.4 Å². The van der Waals surface area contributed by atoms with E-state index in [4.69, 9.17) is 0 Å². The molecule has 0 aliphatic carbocycles. The van der Waals surface area contributed by atoms with Gasteiger partial charge < -0.3 is 15.5 Å². The topological polar surface area (TPSA) is 78.5 Å². The minimum Gasteiger partial charge on any atom is -0.356 e. The summed E-state index contributed by atoms with van der Waals surface area (Å²) in [5.41, 5.74) is 0. The maximum absolute atomic E-state index is 11.9. The lowest BCUT2D eigenvalue weighted by atomic mass is 9.96. The molecule has 2 N–H and O–H groups in total. The molecule has 2 saturated heterocycles. The number of nitrogens with one attached hydrogen (secondary N) is 2. The number of likely N-dealkylation sites (tertiary alicyclic amines) is 1. The molecule has 2 aliphatic rings. The molecule has 2 unspecified atom stereocenters. The number of amides is 3. The SMILES string of the molecule is CN1C(=O)CCC1CNC(=O)CC1CCCNC(=O)C1. The van der Waals surface area contributed by atoms with Crippen molar-refractivity contribution in [2.75, 3.05) is 20.1 Å². The lowest BCUT2D eigenvalue weighted by Gasteiger charge is -2.20. The van der Waals surface area contributed by atoms with E-state index in [0.29, 0.717) is 32.4 Å². The zero-order valence-corrected chi connectivity index (χ0v) is 12.0. The second-order valence-electron chi connectivity index (χ2n) is 5.77. The van der Waals surface area contributed by atoms with Gasteiger partial charge in [-0.05, 0) is 25.2 Å². The number of nitrogens with zero attached hydrogens (tertiary/aromatic N) is 1. The van der Waals surface area contributed by atoms with Gasteiger partial charge >= 0.3 is 0 Å². The fraction of sp³-hybridized carbons (Fsp3) is 0.786. The summed E-state index contributed by atoms with van der Waals surface area (Å²) in [6.45, 7) is 1.23. The molecular weight excluding hydrogens is 258 g/mol. The molecule has 2 heterocycles. The third kappa shape index (κ3) is 3.95. The Morgan fingerprint density at radius 3 is 2.90 bits per heavy atom. The molecule has 20 heavy (non-hydrogen) atoms. The van der Waals surface area contributed by atoms with Crippen molar-refractivity contribution >= 4 is 17.7 Å². The first-order valence-corrected chi connectivity index (χ1v) is 7.35. The fourth-order valence-electron chi connectivity index (χ4n) is 2.90. The van der Waals surface area contributed by atoms with Crippen molar-refractivity contribution in [1.82, 2.24) is 15.5 Å². The van der Waals surface area contributed by atoms with Gasteiger partial charge in [0.15, 0.2) is 0 Å². The third-order valence-corrected chi connectivity index (χ3v) is 4.23. The molecule has 6 nitrogen and oxygen atoms in total. The molecular formula is C14H23N3O3. The maximum atomic E-state index is 11.9. The lowest BCUT2D eigenvalue weighted by Crippen LogP contribution is -2.40. The van der Waals surface area contributed by atoms with Crippen molar-refractivity contribution in [2.45, 2.75) is 44.6 Å². The Hall–Kier alpha value is -1.59. The summed E-state index contributed by atoms with van der Waals surface area (Å²) in [5.74, 6) is 0.309. The normalized spacial score (nSPS) is 27.1. The van der Waals surface area contributed by atoms with Crippen molar-refractivity contribution in [3.05, 3.63) is 0 Å². The molecule has 0 spiro atoms. The Morgan fingerprint density at radius 1 is 1.40 bits per heavy atom. The summed E-state index contributed by atoms with van der Waals surface area (Å²) in [6, 6.07) is 0.115. The van der Waals surface area contributed by atoms with E-state index in [1.807, 2.05) is 0 Å². The molecule has 0 radical (unpaired) electrons. The second kappa shape index (κ2) is 6.72. The van der Waals surface area contributed by atoms with Gasteiger partial charge in [-0.3, -0.25) is 14.4 Å². The second-order valence-corrected chi connectivity index (χ2v) is 5.77. The Morgan fingerprint density at radius 2 is 2.20 bits per heavy atom. The highest BCUT2D eigenvalue weighted by atomic mass is 16.2. The van der Waals surface area contributed by atoms with Crippen LogP contribution in [0.3, 0.4) is 0 Å². The van der Waals surface area contributed by atoms with Crippen molar-refractivity contribution in [3.63, 3.8) is 0 Å². The molecule has 6 heteroatoms. The molecule has 0 saturated carbocycles. The Bertz CT molecular complexity index is 397. The summed E-state index contributed by atoms with van der Waals surface area (Å²) in [7, 11) is 1.78. The average molecular weight is 281 g/mol. The van der Waals surface area contributed by atoms with Crippen LogP contribution in [-0.4, -0.2) is 48.8 Å². The van der Waals surface area contributed by atoms with E-state index in [0.717, 1.165) is 19.3 Å². The van der Waals surface area contributed by atoms with Crippen LogP contribution >= 0.6 is 0 Å². The number of hydrogen-bond donors (Lipinski definition) is 2. The third-order valence-electron chi connectivity index (χ3n) is 4.23.